The van der Waals surface area contributed by atoms with E-state index in [4.69, 9.17) is 0 Å². The summed E-state index contributed by atoms with van der Waals surface area (Å²) in [6.07, 6.45) is 3.83. The highest BCUT2D eigenvalue weighted by atomic mass is 16.2. The number of carbonyl (C=O) groups excluding carboxylic acids is 1. The number of carbonyl (C=O) groups is 1. The molecule has 1 N–H and O–H groups in total. The summed E-state index contributed by atoms with van der Waals surface area (Å²) in [5.74, 6) is 1.66. The first-order valence-electron chi connectivity index (χ1n) is 6.92. The smallest absolute Gasteiger partial charge is 0.236 e. The summed E-state index contributed by atoms with van der Waals surface area (Å²) in [6.45, 7) is 9.20. The fourth-order valence-electron chi connectivity index (χ4n) is 2.50. The zero-order valence-corrected chi connectivity index (χ0v) is 12.0. The molecule has 3 unspecified atom stereocenters. The lowest BCUT2D eigenvalue weighted by molar-refractivity contribution is -0.130. The SMILES string of the molecule is CC1CCCC(NCC(=O)N(C)C(C)C)C1C. The lowest BCUT2D eigenvalue weighted by atomic mass is 9.78. The molecule has 1 amide bonds. The summed E-state index contributed by atoms with van der Waals surface area (Å²) in [6, 6.07) is 0.801. The van der Waals surface area contributed by atoms with Crippen molar-refractivity contribution in [3.8, 4) is 0 Å². The summed E-state index contributed by atoms with van der Waals surface area (Å²) in [5.41, 5.74) is 0. The number of nitrogens with zero attached hydrogens (tertiary/aromatic N) is 1. The average molecular weight is 240 g/mol. The minimum absolute atomic E-state index is 0.199. The van der Waals surface area contributed by atoms with Gasteiger partial charge in [-0.15, -0.1) is 0 Å². The Morgan fingerprint density at radius 2 is 2.00 bits per heavy atom. The maximum Gasteiger partial charge on any atom is 0.236 e. The van der Waals surface area contributed by atoms with Gasteiger partial charge in [0, 0.05) is 19.1 Å². The Morgan fingerprint density at radius 1 is 1.35 bits per heavy atom. The van der Waals surface area contributed by atoms with Gasteiger partial charge in [-0.25, -0.2) is 0 Å². The van der Waals surface area contributed by atoms with Crippen LogP contribution in [0.5, 0.6) is 0 Å². The Bertz CT molecular complexity index is 253. The van der Waals surface area contributed by atoms with E-state index in [2.05, 4.69) is 19.2 Å². The van der Waals surface area contributed by atoms with Gasteiger partial charge in [0.25, 0.3) is 0 Å². The molecule has 3 atom stereocenters. The van der Waals surface area contributed by atoms with E-state index in [9.17, 15) is 4.79 Å². The molecule has 1 fully saturated rings. The monoisotopic (exact) mass is 240 g/mol. The highest BCUT2D eigenvalue weighted by Crippen LogP contribution is 2.29. The minimum Gasteiger partial charge on any atom is -0.342 e. The third kappa shape index (κ3) is 3.98. The summed E-state index contributed by atoms with van der Waals surface area (Å²) in [7, 11) is 1.88. The molecule has 0 bridgehead atoms. The predicted octanol–water partition coefficient (Wildman–Crippen LogP) is 2.27. The first kappa shape index (κ1) is 14.5. The lowest BCUT2D eigenvalue weighted by Crippen LogP contribution is -2.46. The molecular formula is C14H28N2O. The molecule has 0 aliphatic heterocycles. The van der Waals surface area contributed by atoms with Crippen LogP contribution < -0.4 is 5.32 Å². The van der Waals surface area contributed by atoms with Gasteiger partial charge in [-0.3, -0.25) is 4.79 Å². The summed E-state index contributed by atoms with van der Waals surface area (Å²) in [5, 5.41) is 3.45. The number of hydrogen-bond acceptors (Lipinski definition) is 2. The van der Waals surface area contributed by atoms with E-state index in [1.165, 1.54) is 19.3 Å². The molecule has 0 aromatic rings. The van der Waals surface area contributed by atoms with Crippen LogP contribution in [0.3, 0.4) is 0 Å². The second kappa shape index (κ2) is 6.39. The first-order chi connectivity index (χ1) is 7.93. The Morgan fingerprint density at radius 3 is 2.59 bits per heavy atom. The molecule has 1 aliphatic rings. The van der Waals surface area contributed by atoms with Crippen LogP contribution in [0.2, 0.25) is 0 Å². The largest absolute Gasteiger partial charge is 0.342 e. The van der Waals surface area contributed by atoms with Crippen LogP contribution >= 0.6 is 0 Å². The molecule has 1 saturated carbocycles. The third-order valence-corrected chi connectivity index (χ3v) is 4.39. The van der Waals surface area contributed by atoms with Gasteiger partial charge in [0.15, 0.2) is 0 Å². The van der Waals surface area contributed by atoms with Crippen LogP contribution in [0.1, 0.15) is 47.0 Å². The highest BCUT2D eigenvalue weighted by molar-refractivity contribution is 5.78. The summed E-state index contributed by atoms with van der Waals surface area (Å²) in [4.78, 5) is 13.7. The molecule has 0 aromatic carbocycles. The van der Waals surface area contributed by atoms with Gasteiger partial charge >= 0.3 is 0 Å². The van der Waals surface area contributed by atoms with Crippen molar-refractivity contribution in [2.24, 2.45) is 11.8 Å². The molecule has 17 heavy (non-hydrogen) atoms. The van der Waals surface area contributed by atoms with Crippen LogP contribution in [-0.4, -0.2) is 36.5 Å². The van der Waals surface area contributed by atoms with Gasteiger partial charge in [0.1, 0.15) is 0 Å². The first-order valence-corrected chi connectivity index (χ1v) is 6.92. The second-order valence-corrected chi connectivity index (χ2v) is 5.85. The van der Waals surface area contributed by atoms with E-state index < -0.39 is 0 Å². The van der Waals surface area contributed by atoms with Crippen molar-refractivity contribution in [2.75, 3.05) is 13.6 Å². The van der Waals surface area contributed by atoms with Crippen LogP contribution in [-0.2, 0) is 4.79 Å². The number of nitrogens with one attached hydrogen (secondary N) is 1. The molecule has 0 aromatic heterocycles. The quantitative estimate of drug-likeness (QED) is 0.817. The summed E-state index contributed by atoms with van der Waals surface area (Å²) < 4.78 is 0. The molecule has 1 aliphatic carbocycles. The third-order valence-electron chi connectivity index (χ3n) is 4.39. The molecule has 100 valence electrons. The lowest BCUT2D eigenvalue weighted by Gasteiger charge is -2.35. The van der Waals surface area contributed by atoms with E-state index in [1.54, 1.807) is 0 Å². The molecule has 0 radical (unpaired) electrons. The molecule has 0 saturated heterocycles. The fraction of sp³-hybridized carbons (Fsp3) is 0.929. The van der Waals surface area contributed by atoms with Gasteiger partial charge in [-0.1, -0.05) is 26.7 Å². The number of amides is 1. The predicted molar refractivity (Wildman–Crippen MR) is 71.9 cm³/mol. The van der Waals surface area contributed by atoms with E-state index >= 15 is 0 Å². The Balaban J connectivity index is 2.37. The van der Waals surface area contributed by atoms with Crippen molar-refractivity contribution in [1.82, 2.24) is 10.2 Å². The van der Waals surface area contributed by atoms with Crippen LogP contribution in [0.15, 0.2) is 0 Å². The van der Waals surface area contributed by atoms with Crippen LogP contribution in [0.4, 0.5) is 0 Å². The van der Waals surface area contributed by atoms with Crippen molar-refractivity contribution in [2.45, 2.75) is 59.0 Å². The molecule has 0 heterocycles. The van der Waals surface area contributed by atoms with Crippen molar-refractivity contribution in [3.05, 3.63) is 0 Å². The second-order valence-electron chi connectivity index (χ2n) is 5.85. The van der Waals surface area contributed by atoms with Gasteiger partial charge in [0.2, 0.25) is 5.91 Å². The zero-order chi connectivity index (χ0) is 13.0. The van der Waals surface area contributed by atoms with Crippen molar-refractivity contribution in [1.29, 1.82) is 0 Å². The fourth-order valence-corrected chi connectivity index (χ4v) is 2.50. The number of likely N-dealkylation sites (N-methyl/N-ethyl adjacent to an activating group) is 1. The van der Waals surface area contributed by atoms with Gasteiger partial charge in [-0.2, -0.15) is 0 Å². The normalized spacial score (nSPS) is 29.4. The van der Waals surface area contributed by atoms with Gasteiger partial charge < -0.3 is 10.2 Å². The van der Waals surface area contributed by atoms with E-state index in [1.807, 2.05) is 25.8 Å². The molecule has 3 heteroatoms. The van der Waals surface area contributed by atoms with Crippen molar-refractivity contribution >= 4 is 5.91 Å². The Labute approximate surface area is 106 Å². The van der Waals surface area contributed by atoms with E-state index in [0.717, 1.165) is 5.92 Å². The van der Waals surface area contributed by atoms with E-state index in [0.29, 0.717) is 18.5 Å². The summed E-state index contributed by atoms with van der Waals surface area (Å²) >= 11 is 0. The van der Waals surface area contributed by atoms with Crippen molar-refractivity contribution in [3.63, 3.8) is 0 Å². The van der Waals surface area contributed by atoms with Crippen LogP contribution in [0, 0.1) is 11.8 Å². The van der Waals surface area contributed by atoms with Crippen molar-refractivity contribution < 1.29 is 4.79 Å². The van der Waals surface area contributed by atoms with E-state index in [-0.39, 0.29) is 11.9 Å². The molecule has 1 rings (SSSR count). The molecule has 3 nitrogen and oxygen atoms in total. The Hall–Kier alpha value is -0.570. The minimum atomic E-state index is 0.199. The maximum atomic E-state index is 11.9. The number of hydrogen-bond donors (Lipinski definition) is 1. The van der Waals surface area contributed by atoms with Gasteiger partial charge in [-0.05, 0) is 32.1 Å². The number of rotatable bonds is 4. The topological polar surface area (TPSA) is 32.3 Å². The maximum absolute atomic E-state index is 11.9. The molecule has 0 spiro atoms. The highest BCUT2D eigenvalue weighted by Gasteiger charge is 2.27. The zero-order valence-electron chi connectivity index (χ0n) is 12.0. The Kier molecular flexibility index (Phi) is 5.44. The average Bonchev–Trinajstić information content (AvgIpc) is 2.29. The molecular weight excluding hydrogens is 212 g/mol. The standard InChI is InChI=1S/C14H28N2O/c1-10(2)16(5)14(17)9-15-13-8-6-7-11(3)12(13)4/h10-13,15H,6-9H2,1-5H3. The van der Waals surface area contributed by atoms with Gasteiger partial charge in [0.05, 0.1) is 6.54 Å². The van der Waals surface area contributed by atoms with Crippen LogP contribution in [0.25, 0.3) is 0 Å².